The van der Waals surface area contributed by atoms with E-state index in [9.17, 15) is 0 Å². The third-order valence-electron chi connectivity index (χ3n) is 2.43. The predicted molar refractivity (Wildman–Crippen MR) is 61.1 cm³/mol. The van der Waals surface area contributed by atoms with Crippen LogP contribution in [0, 0.1) is 6.17 Å². The van der Waals surface area contributed by atoms with Gasteiger partial charge in [-0.1, -0.05) is 0 Å². The van der Waals surface area contributed by atoms with Crippen molar-refractivity contribution in [3.05, 3.63) is 30.5 Å². The molecule has 5 nitrogen and oxygen atoms in total. The zero-order chi connectivity index (χ0) is 10.1. The molecule has 0 aromatic carbocycles. The van der Waals surface area contributed by atoms with E-state index in [1.54, 1.807) is 12.1 Å². The molecule has 0 amide bonds. The lowest BCUT2D eigenvalue weighted by Gasteiger charge is -2.28. The maximum Gasteiger partial charge on any atom is 0.153 e. The predicted octanol–water partition coefficient (Wildman–Crippen LogP) is 0.294. The number of nitrogens with zero attached hydrogens (tertiary/aromatic N) is 2. The van der Waals surface area contributed by atoms with Crippen molar-refractivity contribution in [1.29, 1.82) is 0 Å². The Morgan fingerprint density at radius 3 is 3.07 bits per heavy atom. The standard InChI is InChI=1S/C9H12N5S/c1-2-11-9(12-3-1)8-7-6-13-15-14(7)5-4-10-8/h4-6,11-13H,1-3H2. The summed E-state index contributed by atoms with van der Waals surface area (Å²) in [6.45, 7) is 2.03. The van der Waals surface area contributed by atoms with Gasteiger partial charge in [-0.3, -0.25) is 19.9 Å². The van der Waals surface area contributed by atoms with Crippen molar-refractivity contribution in [2.75, 3.05) is 13.1 Å². The fraction of sp³-hybridized carbons (Fsp3) is 0.333. The van der Waals surface area contributed by atoms with Crippen molar-refractivity contribution in [3.8, 4) is 0 Å². The first-order chi connectivity index (χ1) is 7.45. The van der Waals surface area contributed by atoms with E-state index in [4.69, 9.17) is 0 Å². The molecule has 0 bridgehead atoms. The molecule has 0 spiro atoms. The first-order valence-electron chi connectivity index (χ1n) is 4.97. The second-order valence-electron chi connectivity index (χ2n) is 3.42. The molecule has 3 heterocycles. The molecule has 1 radical (unpaired) electrons. The van der Waals surface area contributed by atoms with Gasteiger partial charge >= 0.3 is 0 Å². The molecule has 0 unspecified atom stereocenters. The van der Waals surface area contributed by atoms with Crippen LogP contribution in [0.2, 0.25) is 0 Å². The molecule has 0 saturated carbocycles. The summed E-state index contributed by atoms with van der Waals surface area (Å²) >= 11 is 1.55. The third kappa shape index (κ3) is 1.64. The smallest absolute Gasteiger partial charge is 0.153 e. The number of rotatable bonds is 1. The molecule has 15 heavy (non-hydrogen) atoms. The van der Waals surface area contributed by atoms with Gasteiger partial charge in [0.05, 0.1) is 17.8 Å². The van der Waals surface area contributed by atoms with Crippen molar-refractivity contribution >= 4 is 17.8 Å². The first-order valence-corrected chi connectivity index (χ1v) is 5.74. The van der Waals surface area contributed by atoms with Crippen LogP contribution in [0.5, 0.6) is 0 Å². The van der Waals surface area contributed by atoms with Crippen LogP contribution in [0.1, 0.15) is 6.42 Å². The Bertz CT molecular complexity index is 342. The third-order valence-corrected chi connectivity index (χ3v) is 3.16. The molecule has 3 aliphatic heterocycles. The van der Waals surface area contributed by atoms with Crippen molar-refractivity contribution in [1.82, 2.24) is 19.7 Å². The molecule has 3 N–H and O–H groups in total. The van der Waals surface area contributed by atoms with Crippen LogP contribution in [0.25, 0.3) is 0 Å². The van der Waals surface area contributed by atoms with Crippen molar-refractivity contribution in [2.45, 2.75) is 6.42 Å². The monoisotopic (exact) mass is 222 g/mol. The molecule has 0 aromatic rings. The van der Waals surface area contributed by atoms with Gasteiger partial charge in [-0.25, -0.2) is 0 Å². The van der Waals surface area contributed by atoms with Gasteiger partial charge in [-0.2, -0.15) is 0 Å². The molecule has 3 aliphatic rings. The van der Waals surface area contributed by atoms with Gasteiger partial charge in [0.1, 0.15) is 5.71 Å². The average Bonchev–Trinajstić information content (AvgIpc) is 2.78. The van der Waals surface area contributed by atoms with Crippen LogP contribution in [0.15, 0.2) is 29.3 Å². The molecule has 3 rings (SSSR count). The fourth-order valence-corrected chi connectivity index (χ4v) is 2.34. The average molecular weight is 222 g/mol. The normalized spacial score (nSPS) is 25.7. The Balaban J connectivity index is 1.84. The maximum atomic E-state index is 4.41. The summed E-state index contributed by atoms with van der Waals surface area (Å²) < 4.78 is 5.18. The van der Waals surface area contributed by atoms with E-state index in [-0.39, 0.29) is 0 Å². The molecular weight excluding hydrogens is 210 g/mol. The summed E-state index contributed by atoms with van der Waals surface area (Å²) in [5.41, 5.74) is 2.08. The summed E-state index contributed by atoms with van der Waals surface area (Å²) in [6, 6.07) is 0. The van der Waals surface area contributed by atoms with Gasteiger partial charge in [0, 0.05) is 18.6 Å². The Hall–Kier alpha value is -0.980. The van der Waals surface area contributed by atoms with Crippen LogP contribution in [-0.4, -0.2) is 23.1 Å². The summed E-state index contributed by atoms with van der Waals surface area (Å²) in [4.78, 5) is 4.41. The zero-order valence-electron chi connectivity index (χ0n) is 8.16. The lowest BCUT2D eigenvalue weighted by Crippen LogP contribution is -2.47. The summed E-state index contributed by atoms with van der Waals surface area (Å²) in [5.74, 6) is 0. The number of hydrogen-bond donors (Lipinski definition) is 3. The molecule has 79 valence electrons. The largest absolute Gasteiger partial charge is 0.316 e. The molecule has 0 aromatic heterocycles. The summed E-state index contributed by atoms with van der Waals surface area (Å²) in [6.07, 6.45) is 7.92. The lowest BCUT2D eigenvalue weighted by atomic mass is 10.1. The van der Waals surface area contributed by atoms with Gasteiger partial charge in [0.2, 0.25) is 0 Å². The van der Waals surface area contributed by atoms with Gasteiger partial charge in [-0.15, -0.1) is 0 Å². The van der Waals surface area contributed by atoms with E-state index in [2.05, 4.69) is 24.7 Å². The topological polar surface area (TPSA) is 51.7 Å². The number of hydrogen-bond acceptors (Lipinski definition) is 6. The Labute approximate surface area is 93.0 Å². The van der Waals surface area contributed by atoms with E-state index in [0.29, 0.717) is 0 Å². The highest BCUT2D eigenvalue weighted by Crippen LogP contribution is 2.27. The van der Waals surface area contributed by atoms with E-state index in [1.165, 1.54) is 0 Å². The van der Waals surface area contributed by atoms with Crippen LogP contribution in [0.3, 0.4) is 0 Å². The molecule has 6 heteroatoms. The van der Waals surface area contributed by atoms with Crippen LogP contribution >= 0.6 is 12.1 Å². The maximum absolute atomic E-state index is 4.41. The lowest BCUT2D eigenvalue weighted by molar-refractivity contribution is 0.527. The van der Waals surface area contributed by atoms with Crippen LogP contribution < -0.4 is 15.4 Å². The van der Waals surface area contributed by atoms with Gasteiger partial charge in [-0.05, 0) is 19.5 Å². The van der Waals surface area contributed by atoms with Crippen LogP contribution in [-0.2, 0) is 0 Å². The molecule has 1 fully saturated rings. The first kappa shape index (κ1) is 9.26. The Morgan fingerprint density at radius 1 is 1.33 bits per heavy atom. The second-order valence-corrected chi connectivity index (χ2v) is 4.23. The van der Waals surface area contributed by atoms with Crippen molar-refractivity contribution in [2.24, 2.45) is 4.99 Å². The minimum absolute atomic E-state index is 0.981. The Kier molecular flexibility index (Phi) is 2.40. The second kappa shape index (κ2) is 3.88. The van der Waals surface area contributed by atoms with Crippen molar-refractivity contribution in [3.63, 3.8) is 0 Å². The Morgan fingerprint density at radius 2 is 2.20 bits per heavy atom. The van der Waals surface area contributed by atoms with Gasteiger partial charge in [0.25, 0.3) is 0 Å². The summed E-state index contributed by atoms with van der Waals surface area (Å²) in [5, 5.41) is 6.68. The van der Waals surface area contributed by atoms with Gasteiger partial charge < -0.3 is 4.72 Å². The highest BCUT2D eigenvalue weighted by molar-refractivity contribution is 7.95. The molecule has 1 saturated heterocycles. The molecule has 0 atom stereocenters. The number of fused-ring (bicyclic) bond motifs is 1. The highest BCUT2D eigenvalue weighted by Gasteiger charge is 2.29. The number of nitrogens with one attached hydrogen (secondary N) is 3. The quantitative estimate of drug-likeness (QED) is 0.557. The fourth-order valence-electron chi connectivity index (χ4n) is 1.71. The van der Waals surface area contributed by atoms with Crippen LogP contribution in [0.4, 0.5) is 0 Å². The number of aliphatic imine (C=N–C) groups is 1. The SMILES string of the molecule is C1=CN2SNC=C2C([C]2NCCCN2)=N1. The molecular formula is C9H12N5S. The molecule has 0 aliphatic carbocycles. The van der Waals surface area contributed by atoms with E-state index in [0.717, 1.165) is 37.1 Å². The van der Waals surface area contributed by atoms with E-state index >= 15 is 0 Å². The zero-order valence-corrected chi connectivity index (χ0v) is 8.97. The minimum atomic E-state index is 0.981. The van der Waals surface area contributed by atoms with E-state index in [1.807, 2.05) is 18.6 Å². The highest BCUT2D eigenvalue weighted by atomic mass is 32.2. The summed E-state index contributed by atoms with van der Waals surface area (Å²) in [7, 11) is 0. The van der Waals surface area contributed by atoms with E-state index < -0.39 is 0 Å². The minimum Gasteiger partial charge on any atom is -0.316 e. The van der Waals surface area contributed by atoms with Crippen molar-refractivity contribution < 1.29 is 0 Å². The van der Waals surface area contributed by atoms with Gasteiger partial charge in [0.15, 0.2) is 6.17 Å².